The zero-order valence-corrected chi connectivity index (χ0v) is 7.95. The van der Waals surface area contributed by atoms with Crippen molar-refractivity contribution in [3.8, 4) is 0 Å². The molecule has 4 nitrogen and oxygen atoms in total. The lowest BCUT2D eigenvalue weighted by molar-refractivity contribution is -0.133. The first kappa shape index (κ1) is 10.3. The van der Waals surface area contributed by atoms with E-state index in [1.54, 1.807) is 0 Å². The van der Waals surface area contributed by atoms with Crippen LogP contribution in [0.2, 0.25) is 0 Å². The zero-order chi connectivity index (χ0) is 9.68. The van der Waals surface area contributed by atoms with Crippen molar-refractivity contribution in [3.63, 3.8) is 0 Å². The van der Waals surface area contributed by atoms with Gasteiger partial charge in [0.25, 0.3) is 0 Å². The van der Waals surface area contributed by atoms with E-state index in [-0.39, 0.29) is 11.7 Å². The van der Waals surface area contributed by atoms with Gasteiger partial charge < -0.3 is 5.32 Å². The average molecular weight is 184 g/mol. The van der Waals surface area contributed by atoms with Gasteiger partial charge in [0.1, 0.15) is 0 Å². The van der Waals surface area contributed by atoms with Crippen LogP contribution in [0.25, 0.3) is 0 Å². The molecule has 1 rings (SSSR count). The SMILES string of the molecule is CCCN1CNCC(C(=O)C=O)C1. The Morgan fingerprint density at radius 3 is 3.08 bits per heavy atom. The van der Waals surface area contributed by atoms with Crippen LogP contribution in [0.15, 0.2) is 0 Å². The fourth-order valence-electron chi connectivity index (χ4n) is 1.61. The second kappa shape index (κ2) is 5.09. The lowest BCUT2D eigenvalue weighted by Crippen LogP contribution is -2.49. The van der Waals surface area contributed by atoms with E-state index in [9.17, 15) is 9.59 Å². The molecule has 0 radical (unpaired) electrons. The summed E-state index contributed by atoms with van der Waals surface area (Å²) in [5, 5.41) is 3.13. The summed E-state index contributed by atoms with van der Waals surface area (Å²) in [6, 6.07) is 0. The maximum absolute atomic E-state index is 11.1. The molecule has 1 atom stereocenters. The lowest BCUT2D eigenvalue weighted by Gasteiger charge is -2.31. The van der Waals surface area contributed by atoms with E-state index in [2.05, 4.69) is 17.1 Å². The Bertz CT molecular complexity index is 192. The molecule has 0 aromatic carbocycles. The summed E-state index contributed by atoms with van der Waals surface area (Å²) in [5.74, 6) is -0.425. The third-order valence-electron chi connectivity index (χ3n) is 2.26. The quantitative estimate of drug-likeness (QED) is 0.479. The van der Waals surface area contributed by atoms with Crippen LogP contribution < -0.4 is 5.32 Å². The number of hydrogen-bond acceptors (Lipinski definition) is 4. The smallest absolute Gasteiger partial charge is 0.200 e. The molecule has 1 aliphatic rings. The number of nitrogens with zero attached hydrogens (tertiary/aromatic N) is 1. The van der Waals surface area contributed by atoms with Crippen molar-refractivity contribution in [2.75, 3.05) is 26.3 Å². The Kier molecular flexibility index (Phi) is 4.05. The number of nitrogens with one attached hydrogen (secondary N) is 1. The third kappa shape index (κ3) is 2.90. The van der Waals surface area contributed by atoms with Crippen LogP contribution in [0.5, 0.6) is 0 Å². The third-order valence-corrected chi connectivity index (χ3v) is 2.26. The molecule has 0 bridgehead atoms. The van der Waals surface area contributed by atoms with Crippen LogP contribution in [-0.2, 0) is 9.59 Å². The maximum Gasteiger partial charge on any atom is 0.200 e. The summed E-state index contributed by atoms with van der Waals surface area (Å²) in [6.07, 6.45) is 1.51. The highest BCUT2D eigenvalue weighted by atomic mass is 16.2. The summed E-state index contributed by atoms with van der Waals surface area (Å²) >= 11 is 0. The minimum Gasteiger partial charge on any atom is -0.304 e. The van der Waals surface area contributed by atoms with Gasteiger partial charge in [-0.15, -0.1) is 0 Å². The van der Waals surface area contributed by atoms with Crippen molar-refractivity contribution >= 4 is 12.1 Å². The van der Waals surface area contributed by atoms with Crippen LogP contribution >= 0.6 is 0 Å². The minimum absolute atomic E-state index is 0.141. The van der Waals surface area contributed by atoms with Crippen molar-refractivity contribution < 1.29 is 9.59 Å². The van der Waals surface area contributed by atoms with E-state index in [4.69, 9.17) is 0 Å². The van der Waals surface area contributed by atoms with Crippen LogP contribution in [0, 0.1) is 5.92 Å². The number of aldehydes is 1. The Labute approximate surface area is 78.3 Å². The van der Waals surface area contributed by atoms with Gasteiger partial charge in [-0.3, -0.25) is 14.5 Å². The van der Waals surface area contributed by atoms with Crippen molar-refractivity contribution in [2.24, 2.45) is 5.92 Å². The average Bonchev–Trinajstić information content (AvgIpc) is 2.18. The Hall–Kier alpha value is -0.740. The summed E-state index contributed by atoms with van der Waals surface area (Å²) < 4.78 is 0. The normalized spacial score (nSPS) is 24.2. The van der Waals surface area contributed by atoms with Gasteiger partial charge in [-0.25, -0.2) is 0 Å². The standard InChI is InChI=1S/C9H16N2O2/c1-2-3-11-5-8(4-10-7-11)9(13)6-12/h6,8,10H,2-5,7H2,1H3. The van der Waals surface area contributed by atoms with E-state index in [0.29, 0.717) is 12.8 Å². The van der Waals surface area contributed by atoms with Crippen LogP contribution in [-0.4, -0.2) is 43.3 Å². The molecule has 0 aliphatic carbocycles. The van der Waals surface area contributed by atoms with Gasteiger partial charge in [-0.1, -0.05) is 6.92 Å². The fourth-order valence-corrected chi connectivity index (χ4v) is 1.61. The predicted molar refractivity (Wildman–Crippen MR) is 49.3 cm³/mol. The van der Waals surface area contributed by atoms with E-state index in [1.807, 2.05) is 0 Å². The molecule has 1 saturated heterocycles. The highest BCUT2D eigenvalue weighted by molar-refractivity contribution is 6.26. The summed E-state index contributed by atoms with van der Waals surface area (Å²) in [6.45, 7) is 5.27. The molecule has 1 heterocycles. The van der Waals surface area contributed by atoms with Gasteiger partial charge in [0.2, 0.25) is 5.78 Å². The second-order valence-corrected chi connectivity index (χ2v) is 3.41. The van der Waals surface area contributed by atoms with E-state index in [1.165, 1.54) is 0 Å². The summed E-state index contributed by atoms with van der Waals surface area (Å²) in [5.41, 5.74) is 0. The van der Waals surface area contributed by atoms with Crippen LogP contribution in [0.1, 0.15) is 13.3 Å². The van der Waals surface area contributed by atoms with E-state index < -0.39 is 0 Å². The zero-order valence-electron chi connectivity index (χ0n) is 7.95. The number of Topliss-reactive ketones (excluding diaryl/α,β-unsaturated/α-hetero) is 1. The first-order valence-corrected chi connectivity index (χ1v) is 4.70. The molecular formula is C9H16N2O2. The lowest BCUT2D eigenvalue weighted by atomic mass is 10.0. The molecule has 0 aromatic rings. The molecule has 1 unspecified atom stereocenters. The highest BCUT2D eigenvalue weighted by Crippen LogP contribution is 2.05. The topological polar surface area (TPSA) is 49.4 Å². The molecule has 4 heteroatoms. The van der Waals surface area contributed by atoms with Gasteiger partial charge in [-0.05, 0) is 13.0 Å². The maximum atomic E-state index is 11.1. The Morgan fingerprint density at radius 2 is 2.46 bits per heavy atom. The van der Waals surface area contributed by atoms with E-state index in [0.717, 1.165) is 26.2 Å². The number of ketones is 1. The minimum atomic E-state index is -0.284. The van der Waals surface area contributed by atoms with Gasteiger partial charge in [0.05, 0.1) is 5.92 Å². The molecule has 0 spiro atoms. The molecule has 0 amide bonds. The van der Waals surface area contributed by atoms with Crippen LogP contribution in [0.3, 0.4) is 0 Å². The Balaban J connectivity index is 2.41. The molecule has 1 fully saturated rings. The van der Waals surface area contributed by atoms with Crippen molar-refractivity contribution in [2.45, 2.75) is 13.3 Å². The molecular weight excluding hydrogens is 168 g/mol. The van der Waals surface area contributed by atoms with Crippen molar-refractivity contribution in [1.82, 2.24) is 10.2 Å². The number of carbonyl (C=O) groups is 2. The molecule has 13 heavy (non-hydrogen) atoms. The number of hydrogen-bond donors (Lipinski definition) is 1. The monoisotopic (exact) mass is 184 g/mol. The summed E-state index contributed by atoms with van der Waals surface area (Å²) in [4.78, 5) is 23.5. The number of carbonyl (C=O) groups excluding carboxylic acids is 2. The summed E-state index contributed by atoms with van der Waals surface area (Å²) in [7, 11) is 0. The fraction of sp³-hybridized carbons (Fsp3) is 0.778. The largest absolute Gasteiger partial charge is 0.304 e. The van der Waals surface area contributed by atoms with Gasteiger partial charge in [0.15, 0.2) is 6.29 Å². The molecule has 0 saturated carbocycles. The first-order valence-electron chi connectivity index (χ1n) is 4.70. The van der Waals surface area contributed by atoms with Crippen molar-refractivity contribution in [3.05, 3.63) is 0 Å². The van der Waals surface area contributed by atoms with Gasteiger partial charge >= 0.3 is 0 Å². The molecule has 0 aromatic heterocycles. The highest BCUT2D eigenvalue weighted by Gasteiger charge is 2.24. The van der Waals surface area contributed by atoms with E-state index >= 15 is 0 Å². The van der Waals surface area contributed by atoms with Crippen LogP contribution in [0.4, 0.5) is 0 Å². The molecule has 74 valence electrons. The Morgan fingerprint density at radius 1 is 1.69 bits per heavy atom. The molecule has 1 N–H and O–H groups in total. The van der Waals surface area contributed by atoms with Gasteiger partial charge in [-0.2, -0.15) is 0 Å². The van der Waals surface area contributed by atoms with Gasteiger partial charge in [0, 0.05) is 19.8 Å². The number of rotatable bonds is 4. The molecule has 1 aliphatic heterocycles. The van der Waals surface area contributed by atoms with Crippen molar-refractivity contribution in [1.29, 1.82) is 0 Å². The first-order chi connectivity index (χ1) is 6.27. The second-order valence-electron chi connectivity index (χ2n) is 3.41. The predicted octanol–water partition coefficient (Wildman–Crippen LogP) is -0.357.